The van der Waals surface area contributed by atoms with E-state index in [1.54, 1.807) is 0 Å². The van der Waals surface area contributed by atoms with E-state index in [4.69, 9.17) is 37.0 Å². The van der Waals surface area contributed by atoms with Crippen LogP contribution in [0, 0.1) is 0 Å². The second-order valence-corrected chi connectivity index (χ2v) is 28.8. The summed E-state index contributed by atoms with van der Waals surface area (Å²) in [5, 5.41) is 10.6. The topological polar surface area (TPSA) is 237 Å². The highest BCUT2D eigenvalue weighted by Crippen LogP contribution is 2.45. The third kappa shape index (κ3) is 70.7. The van der Waals surface area contributed by atoms with Gasteiger partial charge in [0.25, 0.3) is 0 Å². The van der Waals surface area contributed by atoms with E-state index in [9.17, 15) is 43.2 Å². The summed E-state index contributed by atoms with van der Waals surface area (Å²) in [5.41, 5.74) is 0. The van der Waals surface area contributed by atoms with Crippen LogP contribution in [-0.2, 0) is 65.4 Å². The molecule has 3 N–H and O–H groups in total. The van der Waals surface area contributed by atoms with Crippen LogP contribution in [0.4, 0.5) is 0 Å². The zero-order valence-corrected chi connectivity index (χ0v) is 63.7. The van der Waals surface area contributed by atoms with Crippen LogP contribution in [0.3, 0.4) is 0 Å². The van der Waals surface area contributed by atoms with Gasteiger partial charge in [0.15, 0.2) is 12.2 Å². The molecule has 0 saturated carbocycles. The minimum atomic E-state index is -4.98. The number of carbonyl (C=O) groups excluding carboxylic acids is 4. The molecule has 0 aliphatic heterocycles. The van der Waals surface area contributed by atoms with Crippen molar-refractivity contribution in [1.29, 1.82) is 0 Å². The molecule has 5 atom stereocenters. The van der Waals surface area contributed by atoms with Gasteiger partial charge in [0.05, 0.1) is 26.4 Å². The van der Waals surface area contributed by atoms with E-state index in [-0.39, 0.29) is 25.7 Å². The first kappa shape index (κ1) is 94.2. The molecule has 0 heterocycles. The molecule has 0 aromatic heterocycles. The van der Waals surface area contributed by atoms with E-state index in [1.165, 1.54) is 116 Å². The molecule has 17 nitrogen and oxygen atoms in total. The molecule has 0 amide bonds. The van der Waals surface area contributed by atoms with Gasteiger partial charge < -0.3 is 33.8 Å². The minimum Gasteiger partial charge on any atom is -0.462 e. The predicted octanol–water partition coefficient (Wildman–Crippen LogP) is 22.2. The molecule has 0 saturated heterocycles. The maximum Gasteiger partial charge on any atom is 0.472 e. The zero-order valence-electron chi connectivity index (χ0n) is 62.0. The minimum absolute atomic E-state index is 0.0903. The first-order valence-corrected chi connectivity index (χ1v) is 41.8. The highest BCUT2D eigenvalue weighted by molar-refractivity contribution is 7.47. The number of hydrogen-bond donors (Lipinski definition) is 3. The van der Waals surface area contributed by atoms with E-state index < -0.39 is 97.5 Å². The number of hydrogen-bond acceptors (Lipinski definition) is 15. The van der Waals surface area contributed by atoms with Crippen LogP contribution in [0.5, 0.6) is 0 Å². The molecule has 568 valence electrons. The number of carbonyl (C=O) groups is 4. The number of esters is 4. The molecule has 0 fully saturated rings. The molecular formula is C79H140O17P2. The predicted molar refractivity (Wildman–Crippen MR) is 399 cm³/mol. The van der Waals surface area contributed by atoms with Gasteiger partial charge in [-0.15, -0.1) is 0 Å². The third-order valence-corrected chi connectivity index (χ3v) is 18.3. The van der Waals surface area contributed by atoms with Crippen molar-refractivity contribution in [3.05, 3.63) is 85.1 Å². The van der Waals surface area contributed by atoms with Crippen LogP contribution in [0.2, 0.25) is 0 Å². The Bertz CT molecular complexity index is 2190. The molecular weight excluding hydrogens is 1280 g/mol. The third-order valence-electron chi connectivity index (χ3n) is 16.4. The van der Waals surface area contributed by atoms with Crippen LogP contribution in [0.25, 0.3) is 0 Å². The summed E-state index contributed by atoms with van der Waals surface area (Å²) in [6.07, 6.45) is 72.8. The van der Waals surface area contributed by atoms with Crippen molar-refractivity contribution < 1.29 is 80.2 Å². The Morgan fingerprint density at radius 1 is 0.296 bits per heavy atom. The lowest BCUT2D eigenvalue weighted by Crippen LogP contribution is -2.30. The largest absolute Gasteiger partial charge is 0.472 e. The summed E-state index contributed by atoms with van der Waals surface area (Å²) in [6, 6.07) is 0. The molecule has 0 aliphatic carbocycles. The fourth-order valence-electron chi connectivity index (χ4n) is 10.5. The van der Waals surface area contributed by atoms with Crippen molar-refractivity contribution in [2.75, 3.05) is 39.6 Å². The molecule has 0 spiro atoms. The lowest BCUT2D eigenvalue weighted by Gasteiger charge is -2.21. The van der Waals surface area contributed by atoms with Crippen molar-refractivity contribution in [2.45, 2.75) is 354 Å². The van der Waals surface area contributed by atoms with E-state index in [1.807, 2.05) is 0 Å². The average molecular weight is 1420 g/mol. The number of phosphoric ester groups is 2. The summed E-state index contributed by atoms with van der Waals surface area (Å²) in [5.74, 6) is -2.22. The lowest BCUT2D eigenvalue weighted by atomic mass is 10.0. The molecule has 5 unspecified atom stereocenters. The smallest absolute Gasteiger partial charge is 0.462 e. The highest BCUT2D eigenvalue weighted by Gasteiger charge is 2.30. The van der Waals surface area contributed by atoms with Gasteiger partial charge in [-0.25, -0.2) is 9.13 Å². The first-order chi connectivity index (χ1) is 47.7. The number of allylic oxidation sites excluding steroid dienone is 14. The molecule has 0 rings (SSSR count). The lowest BCUT2D eigenvalue weighted by molar-refractivity contribution is -0.161. The highest BCUT2D eigenvalue weighted by atomic mass is 31.2. The van der Waals surface area contributed by atoms with Crippen LogP contribution >= 0.6 is 15.6 Å². The summed E-state index contributed by atoms with van der Waals surface area (Å²) in [6.45, 7) is 4.63. The Morgan fingerprint density at radius 3 is 0.837 bits per heavy atom. The molecule has 0 aliphatic rings. The van der Waals surface area contributed by atoms with Crippen LogP contribution in [0.15, 0.2) is 85.1 Å². The van der Waals surface area contributed by atoms with Gasteiger partial charge in [0, 0.05) is 25.7 Å². The Kier molecular flexibility index (Phi) is 68.9. The van der Waals surface area contributed by atoms with Gasteiger partial charge in [0.1, 0.15) is 19.3 Å². The number of aliphatic hydroxyl groups is 1. The van der Waals surface area contributed by atoms with Crippen LogP contribution < -0.4 is 0 Å². The average Bonchev–Trinajstić information content (AvgIpc) is 1.04. The van der Waals surface area contributed by atoms with E-state index >= 15 is 0 Å². The van der Waals surface area contributed by atoms with Crippen molar-refractivity contribution >= 4 is 39.5 Å². The van der Waals surface area contributed by atoms with Gasteiger partial charge in [-0.3, -0.25) is 37.3 Å². The molecule has 98 heavy (non-hydrogen) atoms. The zero-order chi connectivity index (χ0) is 71.8. The van der Waals surface area contributed by atoms with Crippen molar-refractivity contribution in [1.82, 2.24) is 0 Å². The number of rotatable bonds is 73. The van der Waals surface area contributed by atoms with E-state index in [2.05, 4.69) is 113 Å². The van der Waals surface area contributed by atoms with Crippen molar-refractivity contribution in [3.63, 3.8) is 0 Å². The summed E-state index contributed by atoms with van der Waals surface area (Å²) < 4.78 is 68.5. The normalized spacial score (nSPS) is 14.4. The van der Waals surface area contributed by atoms with Crippen LogP contribution in [0.1, 0.15) is 336 Å². The maximum atomic E-state index is 13.1. The standard InChI is InChI=1S/C79H140O17P2/c1-5-9-13-17-21-25-29-33-36-40-43-47-51-55-59-63-76(81)89-69-74(95-78(83)65-61-57-53-49-45-39-32-28-24-20-16-12-8-4)71-93-97(85,86)91-67-73(80)68-92-98(87,88)94-72-75(96-79(84)66-62-58-54-50-46-42-38-35-31-27-23-19-15-11-7-3)70-90-77(82)64-60-56-52-48-44-41-37-34-30-26-22-18-14-10-6-2/h9-10,13-14,21-22,25-26,33-34,36-37,44,48,73-75,80H,5-8,11-12,15-20,23-24,27-32,35,38-43,45-47,49-72H2,1-4H3,(H,85,86)(H,87,88)/b13-9-,14-10-,25-21-,26-22-,36-33-,37-34-,48-44-. The summed E-state index contributed by atoms with van der Waals surface area (Å²) in [4.78, 5) is 72.9. The SMILES string of the molecule is CC/C=C\C/C=C\C/C=C\C/C=C\CCCCC(=O)OCC(COP(=O)(O)OCC(O)COP(=O)(O)OCC(COC(=O)CCCCCCC/C=C\C/C=C\C/C=C\CC)OC(=O)CCCCCCCCCCCCCCC)OC(=O)CCCCCCCCCCCCCCCCC. The Balaban J connectivity index is 5.36. The quantitative estimate of drug-likeness (QED) is 0.0169. The monoisotopic (exact) mass is 1420 g/mol. The fraction of sp³-hybridized carbons (Fsp3) is 0.772. The van der Waals surface area contributed by atoms with Gasteiger partial charge >= 0.3 is 39.5 Å². The number of ether oxygens (including phenoxy) is 4. The van der Waals surface area contributed by atoms with Gasteiger partial charge in [0.2, 0.25) is 0 Å². The Labute approximate surface area is 595 Å². The van der Waals surface area contributed by atoms with Gasteiger partial charge in [-0.05, 0) is 96.3 Å². The summed E-state index contributed by atoms with van der Waals surface area (Å²) in [7, 11) is -9.95. The van der Waals surface area contributed by atoms with Gasteiger partial charge in [-0.1, -0.05) is 299 Å². The molecule has 0 aromatic rings. The Morgan fingerprint density at radius 2 is 0.531 bits per heavy atom. The van der Waals surface area contributed by atoms with Crippen molar-refractivity contribution in [2.24, 2.45) is 0 Å². The van der Waals surface area contributed by atoms with Gasteiger partial charge in [-0.2, -0.15) is 0 Å². The molecule has 0 radical (unpaired) electrons. The molecule has 0 aromatic carbocycles. The first-order valence-electron chi connectivity index (χ1n) is 38.8. The Hall–Kier alpha value is -3.76. The second-order valence-electron chi connectivity index (χ2n) is 25.9. The molecule has 0 bridgehead atoms. The maximum absolute atomic E-state index is 13.1. The number of phosphoric acid groups is 2. The van der Waals surface area contributed by atoms with E-state index in [0.29, 0.717) is 25.7 Å². The van der Waals surface area contributed by atoms with E-state index in [0.717, 1.165) is 141 Å². The summed E-state index contributed by atoms with van der Waals surface area (Å²) >= 11 is 0. The molecule has 19 heteroatoms. The number of aliphatic hydroxyl groups excluding tert-OH is 1. The second kappa shape index (κ2) is 71.6. The fourth-order valence-corrected chi connectivity index (χ4v) is 12.1. The number of unbranched alkanes of at least 4 members (excludes halogenated alkanes) is 33. The van der Waals surface area contributed by atoms with Crippen LogP contribution in [-0.4, -0.2) is 96.7 Å². The van der Waals surface area contributed by atoms with Crippen molar-refractivity contribution in [3.8, 4) is 0 Å².